The van der Waals surface area contributed by atoms with Gasteiger partial charge in [-0.05, 0) is 30.0 Å². The van der Waals surface area contributed by atoms with E-state index in [0.717, 1.165) is 28.6 Å². The number of nitrogens with two attached hydrogens (primary N) is 1. The summed E-state index contributed by atoms with van der Waals surface area (Å²) in [5.74, 6) is 1.90. The fourth-order valence-corrected chi connectivity index (χ4v) is 3.72. The van der Waals surface area contributed by atoms with Crippen LogP contribution in [0.1, 0.15) is 0 Å². The number of fused-ring (bicyclic) bond motifs is 1. The summed E-state index contributed by atoms with van der Waals surface area (Å²) in [5, 5.41) is 0.692. The number of hydrogen-bond donors (Lipinski definition) is 2. The Morgan fingerprint density at radius 1 is 1.29 bits per heavy atom. The van der Waals surface area contributed by atoms with Crippen LogP contribution in [-0.2, 0) is 13.1 Å². The average Bonchev–Trinajstić information content (AvgIpc) is 3.38. The number of aromatic amines is 1. The molecule has 0 aliphatic heterocycles. The molecular formula is C18H20N7O2S+. The van der Waals surface area contributed by atoms with E-state index in [-0.39, 0.29) is 0 Å². The topological polar surface area (TPSA) is 108 Å². The van der Waals surface area contributed by atoms with Crippen LogP contribution in [0.25, 0.3) is 11.2 Å². The molecule has 144 valence electrons. The molecule has 1 aromatic carbocycles. The van der Waals surface area contributed by atoms with E-state index in [9.17, 15) is 0 Å². The zero-order valence-corrected chi connectivity index (χ0v) is 16.3. The molecule has 4 aromatic rings. The molecule has 0 unspecified atom stereocenters. The Morgan fingerprint density at radius 3 is 2.93 bits per heavy atom. The molecule has 0 radical (unpaired) electrons. The van der Waals surface area contributed by atoms with Crippen molar-refractivity contribution in [2.45, 2.75) is 23.1 Å². The molecule has 9 nitrogen and oxygen atoms in total. The number of benzene rings is 1. The van der Waals surface area contributed by atoms with E-state index in [4.69, 9.17) is 20.2 Å². The molecular weight excluding hydrogens is 378 g/mol. The summed E-state index contributed by atoms with van der Waals surface area (Å²) in [7, 11) is 3.27. The molecule has 0 aliphatic carbocycles. The van der Waals surface area contributed by atoms with Gasteiger partial charge >= 0.3 is 0 Å². The maximum absolute atomic E-state index is 6.06. The molecule has 28 heavy (non-hydrogen) atoms. The SMILES string of the molecule is COc1ccc(OC)c(Sc2nc3c([nH]2)c(N)nc[n+]3CCn2ccnc2)c1. The molecule has 4 rings (SSSR count). The number of anilines is 1. The van der Waals surface area contributed by atoms with Crippen LogP contribution in [0.5, 0.6) is 11.5 Å². The molecule has 0 atom stereocenters. The van der Waals surface area contributed by atoms with Gasteiger partial charge in [-0.15, -0.1) is 0 Å². The summed E-state index contributed by atoms with van der Waals surface area (Å²) in [5.41, 5.74) is 7.51. The monoisotopic (exact) mass is 398 g/mol. The van der Waals surface area contributed by atoms with Crippen molar-refractivity contribution in [3.05, 3.63) is 43.2 Å². The molecule has 3 N–H and O–H groups in total. The Kier molecular flexibility index (Phi) is 5.02. The number of nitrogens with one attached hydrogen (secondary N) is 1. The van der Waals surface area contributed by atoms with Gasteiger partial charge in [0.2, 0.25) is 17.3 Å². The van der Waals surface area contributed by atoms with Gasteiger partial charge in [-0.3, -0.25) is 0 Å². The minimum Gasteiger partial charge on any atom is -0.497 e. The Bertz CT molecular complexity index is 1090. The maximum Gasteiger partial charge on any atom is 0.294 e. The van der Waals surface area contributed by atoms with E-state index in [2.05, 4.69) is 15.0 Å². The first-order chi connectivity index (χ1) is 13.7. The van der Waals surface area contributed by atoms with Crippen molar-refractivity contribution in [3.63, 3.8) is 0 Å². The smallest absolute Gasteiger partial charge is 0.294 e. The first-order valence-electron chi connectivity index (χ1n) is 8.57. The largest absolute Gasteiger partial charge is 0.497 e. The van der Waals surface area contributed by atoms with Gasteiger partial charge in [0.05, 0.1) is 38.5 Å². The maximum atomic E-state index is 6.06. The van der Waals surface area contributed by atoms with Crippen LogP contribution in [0, 0.1) is 0 Å². The number of aromatic nitrogens is 6. The second kappa shape index (κ2) is 7.77. The molecule has 0 fully saturated rings. The van der Waals surface area contributed by atoms with E-state index in [1.165, 1.54) is 11.8 Å². The summed E-state index contributed by atoms with van der Waals surface area (Å²) in [6.07, 6.45) is 7.16. The number of ether oxygens (including phenoxy) is 2. The summed E-state index contributed by atoms with van der Waals surface area (Å²) >= 11 is 1.44. The first-order valence-corrected chi connectivity index (χ1v) is 9.39. The van der Waals surface area contributed by atoms with Crippen molar-refractivity contribution < 1.29 is 14.0 Å². The fourth-order valence-electron chi connectivity index (χ4n) is 2.80. The molecule has 0 saturated heterocycles. The number of aryl methyl sites for hydroxylation is 2. The van der Waals surface area contributed by atoms with Crippen LogP contribution in [0.15, 0.2) is 53.3 Å². The van der Waals surface area contributed by atoms with Crippen molar-refractivity contribution in [2.24, 2.45) is 0 Å². The van der Waals surface area contributed by atoms with E-state index in [1.807, 2.05) is 33.5 Å². The highest BCUT2D eigenvalue weighted by atomic mass is 32.2. The number of nitrogen functional groups attached to an aromatic ring is 1. The second-order valence-electron chi connectivity index (χ2n) is 5.98. The standard InChI is InChI=1S/C18H19N7O2S/c1-26-12-3-4-13(27-2)14(9-12)28-18-22-15-16(19)21-11-25(17(15)23-18)8-7-24-6-5-20-10-24/h3-6,9-11H,7-8H2,1-2H3,(H2,19,22,23)/p+1. The first kappa shape index (κ1) is 18.1. The Balaban J connectivity index is 1.66. The van der Waals surface area contributed by atoms with Gasteiger partial charge in [-0.25, -0.2) is 9.55 Å². The zero-order chi connectivity index (χ0) is 19.5. The molecule has 0 aliphatic rings. The summed E-state index contributed by atoms with van der Waals surface area (Å²) in [6, 6.07) is 5.63. The summed E-state index contributed by atoms with van der Waals surface area (Å²) < 4.78 is 14.7. The molecule has 0 amide bonds. The Labute approximate surface area is 165 Å². The predicted molar refractivity (Wildman–Crippen MR) is 104 cm³/mol. The summed E-state index contributed by atoms with van der Waals surface area (Å²) in [4.78, 5) is 17.2. The zero-order valence-electron chi connectivity index (χ0n) is 15.5. The number of H-pyrrole nitrogens is 1. The highest BCUT2D eigenvalue weighted by molar-refractivity contribution is 7.99. The molecule has 0 bridgehead atoms. The van der Waals surface area contributed by atoms with E-state index in [1.54, 1.807) is 33.1 Å². The lowest BCUT2D eigenvalue weighted by Crippen LogP contribution is -2.37. The summed E-state index contributed by atoms with van der Waals surface area (Å²) in [6.45, 7) is 1.45. The Morgan fingerprint density at radius 2 is 2.18 bits per heavy atom. The number of nitrogens with zero attached hydrogens (tertiary/aromatic N) is 5. The molecule has 3 heterocycles. The van der Waals surface area contributed by atoms with E-state index in [0.29, 0.717) is 23.0 Å². The minimum absolute atomic E-state index is 0.408. The quantitative estimate of drug-likeness (QED) is 0.458. The average molecular weight is 398 g/mol. The van der Waals surface area contributed by atoms with Gasteiger partial charge in [0, 0.05) is 12.4 Å². The molecule has 10 heteroatoms. The number of hydrogen-bond acceptors (Lipinski definition) is 7. The lowest BCUT2D eigenvalue weighted by molar-refractivity contribution is -0.677. The Hall–Kier alpha value is -3.27. The third kappa shape index (κ3) is 3.58. The van der Waals surface area contributed by atoms with E-state index >= 15 is 0 Å². The molecule has 0 saturated carbocycles. The van der Waals surface area contributed by atoms with Crippen LogP contribution >= 0.6 is 11.8 Å². The molecule has 0 spiro atoms. The van der Waals surface area contributed by atoms with Crippen LogP contribution in [0.2, 0.25) is 0 Å². The van der Waals surface area contributed by atoms with Gasteiger partial charge in [-0.1, -0.05) is 9.97 Å². The van der Waals surface area contributed by atoms with Crippen LogP contribution in [-0.4, -0.2) is 38.7 Å². The van der Waals surface area contributed by atoms with Crippen molar-refractivity contribution in [1.82, 2.24) is 24.5 Å². The van der Waals surface area contributed by atoms with Crippen molar-refractivity contribution in [2.75, 3.05) is 20.0 Å². The van der Waals surface area contributed by atoms with E-state index < -0.39 is 0 Å². The molecule has 3 aromatic heterocycles. The normalized spacial score (nSPS) is 11.1. The number of rotatable bonds is 7. The third-order valence-electron chi connectivity index (χ3n) is 4.26. The van der Waals surface area contributed by atoms with Gasteiger partial charge < -0.3 is 24.8 Å². The lowest BCUT2D eigenvalue weighted by atomic mass is 10.3. The second-order valence-corrected chi connectivity index (χ2v) is 7.01. The highest BCUT2D eigenvalue weighted by Crippen LogP contribution is 2.36. The minimum atomic E-state index is 0.408. The predicted octanol–water partition coefficient (Wildman–Crippen LogP) is 1.89. The van der Waals surface area contributed by atoms with Crippen molar-refractivity contribution in [3.8, 4) is 11.5 Å². The number of methoxy groups -OCH3 is 2. The van der Waals surface area contributed by atoms with Crippen molar-refractivity contribution >= 4 is 28.7 Å². The van der Waals surface area contributed by atoms with Gasteiger partial charge in [0.25, 0.3) is 5.65 Å². The van der Waals surface area contributed by atoms with Crippen molar-refractivity contribution in [1.29, 1.82) is 0 Å². The van der Waals surface area contributed by atoms with Gasteiger partial charge in [0.1, 0.15) is 11.5 Å². The number of imidazole rings is 2. The third-order valence-corrected chi connectivity index (χ3v) is 5.19. The fraction of sp³-hybridized carbons (Fsp3) is 0.222. The van der Waals surface area contributed by atoms with Gasteiger partial charge in [0.15, 0.2) is 5.52 Å². The highest BCUT2D eigenvalue weighted by Gasteiger charge is 2.20. The van der Waals surface area contributed by atoms with Crippen LogP contribution < -0.4 is 19.8 Å². The van der Waals surface area contributed by atoms with Crippen LogP contribution in [0.3, 0.4) is 0 Å². The van der Waals surface area contributed by atoms with Crippen LogP contribution in [0.4, 0.5) is 5.82 Å². The lowest BCUT2D eigenvalue weighted by Gasteiger charge is -2.07. The van der Waals surface area contributed by atoms with Gasteiger partial charge in [-0.2, -0.15) is 0 Å².